The molecule has 0 aromatic heterocycles. The van der Waals surface area contributed by atoms with E-state index in [9.17, 15) is 9.59 Å². The smallest absolute Gasteiger partial charge is 0.354 e. The van der Waals surface area contributed by atoms with Gasteiger partial charge >= 0.3 is 5.97 Å². The zero-order valence-corrected chi connectivity index (χ0v) is 14.9. The summed E-state index contributed by atoms with van der Waals surface area (Å²) < 4.78 is 11.4. The van der Waals surface area contributed by atoms with Gasteiger partial charge in [-0.05, 0) is 23.8 Å². The number of carbonyl (C=O) groups excluding carboxylic acids is 2. The number of rotatable bonds is 4. The maximum Gasteiger partial charge on any atom is 0.354 e. The van der Waals surface area contributed by atoms with Crippen molar-refractivity contribution < 1.29 is 19.1 Å². The summed E-state index contributed by atoms with van der Waals surface area (Å²) in [6, 6.07) is 26.1. The van der Waals surface area contributed by atoms with E-state index in [1.54, 1.807) is 17.0 Å². The van der Waals surface area contributed by atoms with Crippen LogP contribution in [0.1, 0.15) is 11.1 Å². The van der Waals surface area contributed by atoms with Crippen LogP contribution in [-0.4, -0.2) is 18.0 Å². The Kier molecular flexibility index (Phi) is 3.69. The van der Waals surface area contributed by atoms with Crippen LogP contribution in [-0.2, 0) is 26.5 Å². The first-order chi connectivity index (χ1) is 13.7. The van der Waals surface area contributed by atoms with Gasteiger partial charge in [0.25, 0.3) is 11.5 Å². The Hall–Kier alpha value is -3.60. The lowest BCUT2D eigenvalue weighted by atomic mass is 9.84. The molecule has 1 fully saturated rings. The maximum absolute atomic E-state index is 13.5. The van der Waals surface area contributed by atoms with E-state index in [2.05, 4.69) is 0 Å². The molecular weight excluding hydrogens is 354 g/mol. The number of benzene rings is 3. The molecule has 1 amide bonds. The van der Waals surface area contributed by atoms with Crippen LogP contribution in [0.5, 0.6) is 5.75 Å². The summed E-state index contributed by atoms with van der Waals surface area (Å²) in [7, 11) is 0. The summed E-state index contributed by atoms with van der Waals surface area (Å²) in [6.45, 7) is 0.397. The molecule has 5 heteroatoms. The molecule has 5 nitrogen and oxygen atoms in total. The van der Waals surface area contributed by atoms with Crippen molar-refractivity contribution in [3.05, 3.63) is 96.1 Å². The van der Waals surface area contributed by atoms with Crippen molar-refractivity contribution in [1.29, 1.82) is 0 Å². The van der Waals surface area contributed by atoms with E-state index < -0.39 is 17.7 Å². The van der Waals surface area contributed by atoms with Gasteiger partial charge in [0.2, 0.25) is 6.10 Å². The lowest BCUT2D eigenvalue weighted by Gasteiger charge is -2.42. The van der Waals surface area contributed by atoms with Gasteiger partial charge in [-0.15, -0.1) is 0 Å². The zero-order chi connectivity index (χ0) is 19.1. The Balaban J connectivity index is 1.54. The standard InChI is InChI=1S/C23H17NO4/c25-21-20(27-17-11-5-2-6-12-17)23(28-21)18-13-7-8-14-19(18)24(22(23)26)15-16-9-3-1-4-10-16/h1-14,20H,15H2/t20?,23-/m0/s1. The van der Waals surface area contributed by atoms with Gasteiger partial charge in [-0.1, -0.05) is 66.7 Å². The lowest BCUT2D eigenvalue weighted by Crippen LogP contribution is -2.66. The first kappa shape index (κ1) is 16.6. The number of hydrogen-bond acceptors (Lipinski definition) is 4. The summed E-state index contributed by atoms with van der Waals surface area (Å²) in [5.74, 6) is -0.290. The molecule has 3 aromatic rings. The van der Waals surface area contributed by atoms with Crippen LogP contribution in [0, 0.1) is 0 Å². The molecule has 1 unspecified atom stereocenters. The molecule has 5 rings (SSSR count). The first-order valence-electron chi connectivity index (χ1n) is 9.10. The quantitative estimate of drug-likeness (QED) is 0.660. The van der Waals surface area contributed by atoms with Crippen LogP contribution in [0.2, 0.25) is 0 Å². The molecule has 2 aliphatic rings. The van der Waals surface area contributed by atoms with Gasteiger partial charge in [-0.25, -0.2) is 4.79 Å². The van der Waals surface area contributed by atoms with E-state index in [4.69, 9.17) is 9.47 Å². The van der Waals surface area contributed by atoms with E-state index in [0.717, 1.165) is 11.3 Å². The molecule has 2 atom stereocenters. The highest BCUT2D eigenvalue weighted by Gasteiger charge is 2.70. The number of para-hydroxylation sites is 2. The summed E-state index contributed by atoms with van der Waals surface area (Å²) >= 11 is 0. The molecule has 138 valence electrons. The Bertz CT molecular complexity index is 1050. The molecule has 3 aromatic carbocycles. The van der Waals surface area contributed by atoms with Crippen LogP contribution >= 0.6 is 0 Å². The van der Waals surface area contributed by atoms with Crippen molar-refractivity contribution in [2.24, 2.45) is 0 Å². The van der Waals surface area contributed by atoms with Gasteiger partial charge in [0.1, 0.15) is 5.75 Å². The van der Waals surface area contributed by atoms with Crippen molar-refractivity contribution in [1.82, 2.24) is 0 Å². The van der Waals surface area contributed by atoms with Crippen LogP contribution in [0.15, 0.2) is 84.9 Å². The molecule has 0 aliphatic carbocycles. The minimum absolute atomic E-state index is 0.280. The van der Waals surface area contributed by atoms with Gasteiger partial charge in [-0.3, -0.25) is 4.79 Å². The summed E-state index contributed by atoms with van der Waals surface area (Å²) in [6.07, 6.45) is -1.01. The Labute approximate surface area is 162 Å². The highest BCUT2D eigenvalue weighted by molar-refractivity contribution is 6.13. The molecule has 1 spiro atoms. The van der Waals surface area contributed by atoms with E-state index in [1.807, 2.05) is 72.8 Å². The summed E-state index contributed by atoms with van der Waals surface area (Å²) in [5, 5.41) is 0. The predicted molar refractivity (Wildman–Crippen MR) is 103 cm³/mol. The minimum atomic E-state index is -1.43. The normalized spacial score (nSPS) is 22.6. The predicted octanol–water partition coefficient (Wildman–Crippen LogP) is 3.43. The average molecular weight is 371 g/mol. The van der Waals surface area contributed by atoms with Gasteiger partial charge < -0.3 is 14.4 Å². The van der Waals surface area contributed by atoms with Gasteiger partial charge in [-0.2, -0.15) is 0 Å². The Morgan fingerprint density at radius 3 is 2.21 bits per heavy atom. The minimum Gasteiger partial charge on any atom is -0.473 e. The monoisotopic (exact) mass is 371 g/mol. The topological polar surface area (TPSA) is 55.8 Å². The number of amides is 1. The van der Waals surface area contributed by atoms with Crippen molar-refractivity contribution in [3.8, 4) is 5.75 Å². The van der Waals surface area contributed by atoms with Crippen molar-refractivity contribution in [2.45, 2.75) is 18.2 Å². The average Bonchev–Trinajstić information content (AvgIpc) is 2.98. The number of nitrogens with zero attached hydrogens (tertiary/aromatic N) is 1. The first-order valence-corrected chi connectivity index (χ1v) is 9.10. The van der Waals surface area contributed by atoms with E-state index in [0.29, 0.717) is 17.9 Å². The van der Waals surface area contributed by atoms with Gasteiger partial charge in [0.15, 0.2) is 0 Å². The molecule has 2 aliphatic heterocycles. The van der Waals surface area contributed by atoms with Gasteiger partial charge in [0, 0.05) is 5.56 Å². The third-order valence-corrected chi connectivity index (χ3v) is 5.18. The molecule has 1 saturated heterocycles. The number of carbonyl (C=O) groups is 2. The van der Waals surface area contributed by atoms with Crippen LogP contribution in [0.4, 0.5) is 5.69 Å². The third kappa shape index (κ3) is 2.33. The third-order valence-electron chi connectivity index (χ3n) is 5.18. The lowest BCUT2D eigenvalue weighted by molar-refractivity contribution is -0.223. The van der Waals surface area contributed by atoms with Crippen molar-refractivity contribution in [3.63, 3.8) is 0 Å². The van der Waals surface area contributed by atoms with Crippen LogP contribution < -0.4 is 9.64 Å². The number of fused-ring (bicyclic) bond motifs is 2. The second kappa shape index (κ2) is 6.23. The van der Waals surface area contributed by atoms with Crippen molar-refractivity contribution >= 4 is 17.6 Å². The van der Waals surface area contributed by atoms with Crippen LogP contribution in [0.3, 0.4) is 0 Å². The van der Waals surface area contributed by atoms with E-state index in [1.165, 1.54) is 0 Å². The van der Waals surface area contributed by atoms with Crippen molar-refractivity contribution in [2.75, 3.05) is 4.90 Å². The molecule has 2 heterocycles. The molecule has 0 radical (unpaired) electrons. The largest absolute Gasteiger partial charge is 0.473 e. The second-order valence-corrected chi connectivity index (χ2v) is 6.86. The molecule has 0 N–H and O–H groups in total. The number of hydrogen-bond donors (Lipinski definition) is 0. The zero-order valence-electron chi connectivity index (χ0n) is 14.9. The fourth-order valence-corrected chi connectivity index (χ4v) is 3.86. The van der Waals surface area contributed by atoms with Gasteiger partial charge in [0.05, 0.1) is 12.2 Å². The molecule has 0 bridgehead atoms. The number of anilines is 1. The van der Waals surface area contributed by atoms with E-state index >= 15 is 0 Å². The Morgan fingerprint density at radius 1 is 0.857 bits per heavy atom. The molecule has 0 saturated carbocycles. The van der Waals surface area contributed by atoms with E-state index in [-0.39, 0.29) is 5.91 Å². The Morgan fingerprint density at radius 2 is 1.50 bits per heavy atom. The number of ether oxygens (including phenoxy) is 2. The molecular formula is C23H17NO4. The highest BCUT2D eigenvalue weighted by Crippen LogP contribution is 2.51. The molecule has 28 heavy (non-hydrogen) atoms. The fraction of sp³-hybridized carbons (Fsp3) is 0.130. The second-order valence-electron chi connectivity index (χ2n) is 6.86. The SMILES string of the molecule is O=C1O[C@]2(C(=O)N(Cc3ccccc3)c3ccccc32)C1Oc1ccccc1. The summed E-state index contributed by atoms with van der Waals surface area (Å²) in [5.41, 5.74) is 0.967. The highest BCUT2D eigenvalue weighted by atomic mass is 16.7. The van der Waals surface area contributed by atoms with Crippen LogP contribution in [0.25, 0.3) is 0 Å². The summed E-state index contributed by atoms with van der Waals surface area (Å²) in [4.78, 5) is 27.4. The fourth-order valence-electron chi connectivity index (χ4n) is 3.86. The maximum atomic E-state index is 13.5. The number of esters is 1.